The molecule has 4 rings (SSSR count). The number of fused-ring (bicyclic) bond motifs is 1. The minimum atomic E-state index is -0.794. The maximum Gasteiger partial charge on any atom is 0.337 e. The number of carbonyl (C=O) groups is 2. The van der Waals surface area contributed by atoms with Gasteiger partial charge in [-0.15, -0.1) is 0 Å². The number of carbonyl (C=O) groups excluding carboxylic acids is 2. The van der Waals surface area contributed by atoms with Crippen molar-refractivity contribution in [3.05, 3.63) is 95.1 Å². The molecule has 1 aromatic heterocycles. The summed E-state index contributed by atoms with van der Waals surface area (Å²) in [5.41, 5.74) is 2.59. The van der Waals surface area contributed by atoms with Crippen LogP contribution in [0.5, 0.6) is 0 Å². The van der Waals surface area contributed by atoms with Crippen LogP contribution in [-0.4, -0.2) is 24.0 Å². The number of aromatic nitrogens is 1. The number of ether oxygens (including phenoxy) is 1. The molecule has 5 nitrogen and oxygen atoms in total. The predicted molar refractivity (Wildman–Crippen MR) is 122 cm³/mol. The Bertz CT molecular complexity index is 1370. The Hall–Kier alpha value is -4.13. The summed E-state index contributed by atoms with van der Waals surface area (Å²) in [5.74, 6) is -2.60. The van der Waals surface area contributed by atoms with Crippen LogP contribution in [0.3, 0.4) is 0 Å². The summed E-state index contributed by atoms with van der Waals surface area (Å²) in [6.07, 6.45) is 0.441. The Kier molecular flexibility index (Phi) is 6.13. The minimum Gasteiger partial charge on any atom is -0.465 e. The lowest BCUT2D eigenvalue weighted by molar-refractivity contribution is 0.0600. The van der Waals surface area contributed by atoms with Gasteiger partial charge in [0.05, 0.1) is 35.1 Å². The summed E-state index contributed by atoms with van der Waals surface area (Å²) >= 11 is 0. The highest BCUT2D eigenvalue weighted by molar-refractivity contribution is 6.14. The number of rotatable bonds is 5. The zero-order valence-electron chi connectivity index (χ0n) is 18.0. The molecule has 0 bridgehead atoms. The lowest BCUT2D eigenvalue weighted by atomic mass is 9.94. The van der Waals surface area contributed by atoms with Crippen molar-refractivity contribution in [3.8, 4) is 11.3 Å². The Morgan fingerprint density at radius 1 is 1.00 bits per heavy atom. The van der Waals surface area contributed by atoms with E-state index in [1.165, 1.54) is 37.4 Å². The fraction of sp³-hybridized carbons (Fsp3) is 0.115. The maximum absolute atomic E-state index is 14.6. The largest absolute Gasteiger partial charge is 0.465 e. The lowest BCUT2D eigenvalue weighted by Gasteiger charge is -2.17. The van der Waals surface area contributed by atoms with E-state index in [4.69, 9.17) is 4.98 Å². The van der Waals surface area contributed by atoms with Crippen molar-refractivity contribution in [3.63, 3.8) is 0 Å². The third-order valence-electron chi connectivity index (χ3n) is 5.31. The molecule has 0 saturated carbocycles. The average Bonchev–Trinajstić information content (AvgIpc) is 2.83. The third-order valence-corrected chi connectivity index (χ3v) is 5.31. The van der Waals surface area contributed by atoms with E-state index in [0.29, 0.717) is 28.6 Å². The lowest BCUT2D eigenvalue weighted by Crippen LogP contribution is -2.17. The monoisotopic (exact) mass is 446 g/mol. The standard InChI is InChI=1S/C26H20F2N2O3/c1-3-18-23(25(31)30-22-11-9-16(13-20(22)28)26(32)33-2)19-14-17(27)10-12-21(19)29-24(18)15-7-5-4-6-8-15/h4-14H,3H2,1-2H3,(H,30,31). The van der Waals surface area contributed by atoms with Gasteiger partial charge >= 0.3 is 5.97 Å². The molecule has 0 unspecified atom stereocenters. The van der Waals surface area contributed by atoms with Crippen LogP contribution >= 0.6 is 0 Å². The molecule has 7 heteroatoms. The van der Waals surface area contributed by atoms with Crippen LogP contribution in [0.15, 0.2) is 66.7 Å². The van der Waals surface area contributed by atoms with Gasteiger partial charge in [0, 0.05) is 10.9 Å². The van der Waals surface area contributed by atoms with E-state index >= 15 is 0 Å². The molecule has 1 heterocycles. The Balaban J connectivity index is 1.86. The molecule has 166 valence electrons. The van der Waals surface area contributed by atoms with E-state index < -0.39 is 23.5 Å². The first-order valence-electron chi connectivity index (χ1n) is 10.3. The second kappa shape index (κ2) is 9.16. The number of nitrogens with one attached hydrogen (secondary N) is 1. The zero-order chi connectivity index (χ0) is 23.5. The molecule has 0 fully saturated rings. The molecule has 0 saturated heterocycles. The van der Waals surface area contributed by atoms with Crippen molar-refractivity contribution in [2.75, 3.05) is 12.4 Å². The zero-order valence-corrected chi connectivity index (χ0v) is 18.0. The van der Waals surface area contributed by atoms with Crippen LogP contribution in [0.2, 0.25) is 0 Å². The van der Waals surface area contributed by atoms with Crippen molar-refractivity contribution < 1.29 is 23.1 Å². The van der Waals surface area contributed by atoms with E-state index in [2.05, 4.69) is 10.1 Å². The molecule has 1 N–H and O–H groups in total. The van der Waals surface area contributed by atoms with E-state index in [1.54, 1.807) is 0 Å². The van der Waals surface area contributed by atoms with Gasteiger partial charge in [0.1, 0.15) is 11.6 Å². The minimum absolute atomic E-state index is 0.0186. The summed E-state index contributed by atoms with van der Waals surface area (Å²) in [7, 11) is 1.19. The van der Waals surface area contributed by atoms with Gasteiger partial charge in [-0.05, 0) is 48.4 Å². The number of esters is 1. The number of anilines is 1. The van der Waals surface area contributed by atoms with Crippen molar-refractivity contribution in [1.29, 1.82) is 0 Å². The molecule has 0 atom stereocenters. The highest BCUT2D eigenvalue weighted by atomic mass is 19.1. The van der Waals surface area contributed by atoms with Crippen LogP contribution in [0, 0.1) is 11.6 Å². The molecule has 0 aliphatic rings. The number of hydrogen-bond donors (Lipinski definition) is 1. The van der Waals surface area contributed by atoms with Gasteiger partial charge < -0.3 is 10.1 Å². The fourth-order valence-electron chi connectivity index (χ4n) is 3.76. The number of amides is 1. The highest BCUT2D eigenvalue weighted by Crippen LogP contribution is 2.32. The SMILES string of the molecule is CCc1c(-c2ccccc2)nc2ccc(F)cc2c1C(=O)Nc1ccc(C(=O)OC)cc1F. The number of halogens is 2. The number of hydrogen-bond acceptors (Lipinski definition) is 4. The molecule has 0 aliphatic heterocycles. The van der Waals surface area contributed by atoms with Crippen LogP contribution in [-0.2, 0) is 11.2 Å². The van der Waals surface area contributed by atoms with Crippen molar-refractivity contribution in [2.24, 2.45) is 0 Å². The van der Waals surface area contributed by atoms with Gasteiger partial charge in [-0.3, -0.25) is 4.79 Å². The van der Waals surface area contributed by atoms with Gasteiger partial charge in [-0.1, -0.05) is 37.3 Å². The van der Waals surface area contributed by atoms with Gasteiger partial charge in [0.25, 0.3) is 5.91 Å². The van der Waals surface area contributed by atoms with Crippen LogP contribution in [0.4, 0.5) is 14.5 Å². The smallest absolute Gasteiger partial charge is 0.337 e. The Morgan fingerprint density at radius 2 is 1.76 bits per heavy atom. The van der Waals surface area contributed by atoms with Crippen LogP contribution in [0.1, 0.15) is 33.2 Å². The maximum atomic E-state index is 14.6. The average molecular weight is 446 g/mol. The fourth-order valence-corrected chi connectivity index (χ4v) is 3.76. The van der Waals surface area contributed by atoms with Gasteiger partial charge in [0.15, 0.2) is 0 Å². The number of nitrogens with zero attached hydrogens (tertiary/aromatic N) is 1. The predicted octanol–water partition coefficient (Wildman–Crippen LogP) is 5.78. The Morgan fingerprint density at radius 3 is 2.42 bits per heavy atom. The summed E-state index contributed by atoms with van der Waals surface area (Å²) < 4.78 is 33.3. The normalized spacial score (nSPS) is 10.8. The highest BCUT2D eigenvalue weighted by Gasteiger charge is 2.22. The summed E-state index contributed by atoms with van der Waals surface area (Å²) in [5, 5.41) is 2.89. The first-order chi connectivity index (χ1) is 15.9. The molecular weight excluding hydrogens is 426 g/mol. The van der Waals surface area contributed by atoms with Crippen molar-refractivity contribution in [2.45, 2.75) is 13.3 Å². The first kappa shape index (κ1) is 22.1. The molecule has 1 amide bonds. The van der Waals surface area contributed by atoms with E-state index in [-0.39, 0.29) is 16.8 Å². The summed E-state index contributed by atoms with van der Waals surface area (Å²) in [4.78, 5) is 29.7. The number of pyridine rings is 1. The third kappa shape index (κ3) is 4.30. The van der Waals surface area contributed by atoms with Gasteiger partial charge in [0.2, 0.25) is 0 Å². The molecule has 3 aromatic carbocycles. The quantitative estimate of drug-likeness (QED) is 0.395. The Labute approximate surface area is 189 Å². The molecule has 0 aliphatic carbocycles. The molecular formula is C26H20F2N2O3. The first-order valence-corrected chi connectivity index (χ1v) is 10.3. The molecule has 33 heavy (non-hydrogen) atoms. The molecule has 0 radical (unpaired) electrons. The topological polar surface area (TPSA) is 68.3 Å². The number of methoxy groups -OCH3 is 1. The molecule has 0 spiro atoms. The molecule has 4 aromatic rings. The summed E-state index contributed by atoms with van der Waals surface area (Å²) in [6, 6.07) is 17.0. The van der Waals surface area contributed by atoms with E-state index in [9.17, 15) is 18.4 Å². The second-order valence-electron chi connectivity index (χ2n) is 7.34. The van der Waals surface area contributed by atoms with Crippen LogP contribution < -0.4 is 5.32 Å². The second-order valence-corrected chi connectivity index (χ2v) is 7.34. The van der Waals surface area contributed by atoms with E-state index in [0.717, 1.165) is 11.6 Å². The van der Waals surface area contributed by atoms with Gasteiger partial charge in [-0.2, -0.15) is 0 Å². The van der Waals surface area contributed by atoms with Gasteiger partial charge in [-0.25, -0.2) is 18.6 Å². The van der Waals surface area contributed by atoms with Crippen molar-refractivity contribution >= 4 is 28.5 Å². The number of benzene rings is 3. The van der Waals surface area contributed by atoms with Crippen LogP contribution in [0.25, 0.3) is 22.2 Å². The van der Waals surface area contributed by atoms with E-state index in [1.807, 2.05) is 37.3 Å². The summed E-state index contributed by atoms with van der Waals surface area (Å²) in [6.45, 7) is 1.87. The van der Waals surface area contributed by atoms with Crippen molar-refractivity contribution in [1.82, 2.24) is 4.98 Å².